The molecule has 0 saturated carbocycles. The summed E-state index contributed by atoms with van der Waals surface area (Å²) in [5, 5.41) is 0.585. The van der Waals surface area contributed by atoms with Crippen molar-refractivity contribution < 1.29 is 9.13 Å². The number of hydrogen-bond acceptors (Lipinski definition) is 1. The molecule has 0 aliphatic rings. The lowest BCUT2D eigenvalue weighted by atomic mass is 10.0. The first-order chi connectivity index (χ1) is 9.02. The van der Waals surface area contributed by atoms with E-state index in [1.54, 1.807) is 26.2 Å². The van der Waals surface area contributed by atoms with E-state index < -0.39 is 0 Å². The Kier molecular flexibility index (Phi) is 4.48. The molecule has 0 spiro atoms. The number of hydrogen-bond donors (Lipinski definition) is 0. The van der Waals surface area contributed by atoms with Crippen molar-refractivity contribution in [3.63, 3.8) is 0 Å². The third kappa shape index (κ3) is 3.10. The zero-order chi connectivity index (χ0) is 14.0. The van der Waals surface area contributed by atoms with Gasteiger partial charge in [0, 0.05) is 5.02 Å². The molecule has 2 aromatic rings. The van der Waals surface area contributed by atoms with Gasteiger partial charge in [-0.1, -0.05) is 45.7 Å². The fourth-order valence-electron chi connectivity index (χ4n) is 1.79. The van der Waals surface area contributed by atoms with E-state index in [9.17, 15) is 4.39 Å². The summed E-state index contributed by atoms with van der Waals surface area (Å²) >= 11 is 9.78. The highest BCUT2D eigenvalue weighted by Gasteiger charge is 2.15. The predicted molar refractivity (Wildman–Crippen MR) is 79.9 cm³/mol. The van der Waals surface area contributed by atoms with Crippen LogP contribution in [-0.4, -0.2) is 7.11 Å². The Labute approximate surface area is 125 Å². The number of ether oxygens (including phenoxy) is 1. The molecule has 0 amide bonds. The fraction of sp³-hybridized carbons (Fsp3) is 0.200. The molecule has 0 N–H and O–H groups in total. The number of rotatable bonds is 3. The van der Waals surface area contributed by atoms with Gasteiger partial charge in [-0.2, -0.15) is 0 Å². The normalized spacial score (nSPS) is 12.3. The third-order valence-electron chi connectivity index (χ3n) is 2.97. The van der Waals surface area contributed by atoms with Crippen LogP contribution in [0.3, 0.4) is 0 Å². The van der Waals surface area contributed by atoms with E-state index in [1.165, 1.54) is 6.07 Å². The third-order valence-corrected chi connectivity index (χ3v) is 4.32. The molecule has 4 heteroatoms. The molecule has 0 fully saturated rings. The summed E-state index contributed by atoms with van der Waals surface area (Å²) in [6.45, 7) is 1.74. The van der Waals surface area contributed by atoms with Gasteiger partial charge in [-0.05, 0) is 41.8 Å². The zero-order valence-corrected chi connectivity index (χ0v) is 12.9. The predicted octanol–water partition coefficient (Wildman–Crippen LogP) is 5.28. The molecule has 2 rings (SSSR count). The molecule has 1 unspecified atom stereocenters. The molecular weight excluding hydrogens is 331 g/mol. The maximum atomic E-state index is 13.6. The summed E-state index contributed by atoms with van der Waals surface area (Å²) in [6.07, 6.45) is 0. The molecule has 0 aliphatic carbocycles. The number of benzene rings is 2. The first-order valence-electron chi connectivity index (χ1n) is 5.76. The van der Waals surface area contributed by atoms with Crippen LogP contribution in [-0.2, 0) is 0 Å². The van der Waals surface area contributed by atoms with Crippen molar-refractivity contribution in [2.75, 3.05) is 7.11 Å². The average Bonchev–Trinajstić information content (AvgIpc) is 2.41. The lowest BCUT2D eigenvalue weighted by Crippen LogP contribution is -1.96. The lowest BCUT2D eigenvalue weighted by molar-refractivity contribution is 0.414. The maximum absolute atomic E-state index is 13.6. The van der Waals surface area contributed by atoms with E-state index >= 15 is 0 Å². The summed E-state index contributed by atoms with van der Waals surface area (Å²) in [4.78, 5) is -0.152. The average molecular weight is 344 g/mol. The van der Waals surface area contributed by atoms with Crippen LogP contribution >= 0.6 is 27.5 Å². The van der Waals surface area contributed by atoms with Crippen molar-refractivity contribution in [2.45, 2.75) is 11.8 Å². The van der Waals surface area contributed by atoms with Gasteiger partial charge in [-0.15, -0.1) is 0 Å². The van der Waals surface area contributed by atoms with Gasteiger partial charge in [0.05, 0.1) is 11.9 Å². The monoisotopic (exact) mass is 342 g/mol. The van der Waals surface area contributed by atoms with E-state index in [1.807, 2.05) is 18.2 Å². The van der Waals surface area contributed by atoms with E-state index in [4.69, 9.17) is 16.3 Å². The van der Waals surface area contributed by atoms with Gasteiger partial charge < -0.3 is 4.74 Å². The highest BCUT2D eigenvalue weighted by atomic mass is 79.9. The van der Waals surface area contributed by atoms with Crippen LogP contribution in [0, 0.1) is 12.7 Å². The van der Waals surface area contributed by atoms with E-state index in [2.05, 4.69) is 15.9 Å². The second-order valence-electron chi connectivity index (χ2n) is 4.26. The Morgan fingerprint density at radius 1 is 1.21 bits per heavy atom. The number of aryl methyl sites for hydroxylation is 1. The van der Waals surface area contributed by atoms with Gasteiger partial charge >= 0.3 is 0 Å². The Bertz CT molecular complexity index is 601. The van der Waals surface area contributed by atoms with Crippen molar-refractivity contribution in [1.29, 1.82) is 0 Å². The summed E-state index contributed by atoms with van der Waals surface area (Å²) in [5.41, 5.74) is 2.34. The molecule has 0 aromatic heterocycles. The SMILES string of the molecule is COc1ccc(C(Br)c2ccc(C)c(F)c2)c(Cl)c1. The van der Waals surface area contributed by atoms with E-state index in [-0.39, 0.29) is 10.6 Å². The van der Waals surface area contributed by atoms with Gasteiger partial charge in [0.1, 0.15) is 11.6 Å². The van der Waals surface area contributed by atoms with Crippen molar-refractivity contribution in [3.8, 4) is 5.75 Å². The minimum Gasteiger partial charge on any atom is -0.497 e. The van der Waals surface area contributed by atoms with Gasteiger partial charge in [-0.25, -0.2) is 4.39 Å². The van der Waals surface area contributed by atoms with Crippen molar-refractivity contribution >= 4 is 27.5 Å². The van der Waals surface area contributed by atoms with Crippen LogP contribution in [0.5, 0.6) is 5.75 Å². The molecular formula is C15H13BrClFO. The molecule has 0 aliphatic heterocycles. The molecule has 0 bridgehead atoms. The van der Waals surface area contributed by atoms with Crippen LogP contribution in [0.4, 0.5) is 4.39 Å². The highest BCUT2D eigenvalue weighted by molar-refractivity contribution is 9.09. The second kappa shape index (κ2) is 5.93. The minimum absolute atomic E-state index is 0.152. The van der Waals surface area contributed by atoms with Crippen LogP contribution in [0.1, 0.15) is 21.5 Å². The van der Waals surface area contributed by atoms with Gasteiger partial charge in [-0.3, -0.25) is 0 Å². The highest BCUT2D eigenvalue weighted by Crippen LogP contribution is 2.37. The quantitative estimate of drug-likeness (QED) is 0.689. The van der Waals surface area contributed by atoms with Crippen molar-refractivity contribution in [3.05, 3.63) is 63.9 Å². The van der Waals surface area contributed by atoms with Gasteiger partial charge in [0.2, 0.25) is 0 Å². The van der Waals surface area contributed by atoms with Gasteiger partial charge in [0.25, 0.3) is 0 Å². The lowest BCUT2D eigenvalue weighted by Gasteiger charge is -2.14. The van der Waals surface area contributed by atoms with E-state index in [0.717, 1.165) is 11.1 Å². The molecule has 100 valence electrons. The largest absolute Gasteiger partial charge is 0.497 e. The molecule has 0 radical (unpaired) electrons. The molecule has 0 saturated heterocycles. The standard InChI is InChI=1S/C15H13BrClFO/c1-9-3-4-10(7-14(9)18)15(16)12-6-5-11(19-2)8-13(12)17/h3-8,15H,1-2H3. The molecule has 19 heavy (non-hydrogen) atoms. The summed E-state index contributed by atoms with van der Waals surface area (Å²) in [7, 11) is 1.59. The van der Waals surface area contributed by atoms with Crippen LogP contribution in [0.2, 0.25) is 5.02 Å². The number of halogens is 3. The topological polar surface area (TPSA) is 9.23 Å². The molecule has 1 nitrogen and oxygen atoms in total. The molecule has 2 aromatic carbocycles. The first kappa shape index (κ1) is 14.4. The number of alkyl halides is 1. The van der Waals surface area contributed by atoms with Crippen molar-refractivity contribution in [1.82, 2.24) is 0 Å². The molecule has 0 heterocycles. The fourth-order valence-corrected chi connectivity index (χ4v) is 2.88. The smallest absolute Gasteiger partial charge is 0.126 e. The maximum Gasteiger partial charge on any atom is 0.126 e. The first-order valence-corrected chi connectivity index (χ1v) is 7.06. The Hall–Kier alpha value is -1.06. The summed E-state index contributed by atoms with van der Waals surface area (Å²) in [6, 6.07) is 10.6. The van der Waals surface area contributed by atoms with Crippen LogP contribution in [0.15, 0.2) is 36.4 Å². The Morgan fingerprint density at radius 2 is 1.95 bits per heavy atom. The van der Waals surface area contributed by atoms with Crippen LogP contribution < -0.4 is 4.74 Å². The summed E-state index contributed by atoms with van der Waals surface area (Å²) < 4.78 is 18.7. The summed E-state index contributed by atoms with van der Waals surface area (Å²) in [5.74, 6) is 0.482. The molecule has 1 atom stereocenters. The van der Waals surface area contributed by atoms with Crippen LogP contribution in [0.25, 0.3) is 0 Å². The minimum atomic E-state index is -0.216. The number of methoxy groups -OCH3 is 1. The Balaban J connectivity index is 2.38. The van der Waals surface area contributed by atoms with Gasteiger partial charge in [0.15, 0.2) is 0 Å². The zero-order valence-electron chi connectivity index (χ0n) is 10.6. The second-order valence-corrected chi connectivity index (χ2v) is 5.58. The Morgan fingerprint density at radius 3 is 2.53 bits per heavy atom. The van der Waals surface area contributed by atoms with E-state index in [0.29, 0.717) is 16.3 Å². The van der Waals surface area contributed by atoms with Crippen molar-refractivity contribution in [2.24, 2.45) is 0 Å².